The Hall–Kier alpha value is -4.67. The van der Waals surface area contributed by atoms with Crippen molar-refractivity contribution in [2.45, 2.75) is 52.6 Å². The molecule has 0 bridgehead atoms. The van der Waals surface area contributed by atoms with E-state index in [1.807, 2.05) is 19.9 Å². The summed E-state index contributed by atoms with van der Waals surface area (Å²) in [5.74, 6) is -0.456. The van der Waals surface area contributed by atoms with Gasteiger partial charge in [0.1, 0.15) is 11.6 Å². The quantitative estimate of drug-likeness (QED) is 0.197. The standard InChI is InChI=1S/C30H34FN7O3/c1-17-25(13-23-22-12-21(31)7-8-24(22)37-28(23)39)36-18(2)27(17)29(40)33-9-5-3-4-6-10-34-30(41)38-15-19-11-26(32)35-14-20(19)16-38/h7-8,11-14,36H,3-6,9-10,15-16H2,1-2H3,(H2,32,35)(H,33,40)(H,34,41)(H,37,39). The monoisotopic (exact) mass is 559 g/mol. The van der Waals surface area contributed by atoms with Gasteiger partial charge in [-0.2, -0.15) is 0 Å². The van der Waals surface area contributed by atoms with Crippen molar-refractivity contribution < 1.29 is 18.8 Å². The molecule has 4 amide bonds. The molecule has 2 aliphatic heterocycles. The van der Waals surface area contributed by atoms with Crippen molar-refractivity contribution in [3.05, 3.63) is 75.5 Å². The predicted molar refractivity (Wildman–Crippen MR) is 155 cm³/mol. The summed E-state index contributed by atoms with van der Waals surface area (Å²) in [6, 6.07) is 5.89. The molecule has 214 valence electrons. The van der Waals surface area contributed by atoms with Crippen LogP contribution in [0.4, 0.5) is 20.7 Å². The van der Waals surface area contributed by atoms with E-state index in [-0.39, 0.29) is 17.8 Å². The lowest BCUT2D eigenvalue weighted by Gasteiger charge is -2.16. The third kappa shape index (κ3) is 6.08. The van der Waals surface area contributed by atoms with Crippen LogP contribution in [0, 0.1) is 19.7 Å². The average molecular weight is 560 g/mol. The normalized spacial score (nSPS) is 14.7. The van der Waals surface area contributed by atoms with Crippen LogP contribution < -0.4 is 21.7 Å². The van der Waals surface area contributed by atoms with Gasteiger partial charge in [0.25, 0.3) is 11.8 Å². The molecule has 0 unspecified atom stereocenters. The number of nitrogens with zero attached hydrogens (tertiary/aromatic N) is 2. The Kier molecular flexibility index (Phi) is 8.04. The van der Waals surface area contributed by atoms with Gasteiger partial charge >= 0.3 is 6.03 Å². The van der Waals surface area contributed by atoms with Gasteiger partial charge in [-0.1, -0.05) is 12.8 Å². The Bertz CT molecular complexity index is 1550. The van der Waals surface area contributed by atoms with Crippen LogP contribution in [0.5, 0.6) is 0 Å². The summed E-state index contributed by atoms with van der Waals surface area (Å²) in [7, 11) is 0. The van der Waals surface area contributed by atoms with Crippen molar-refractivity contribution in [2.75, 3.05) is 24.1 Å². The minimum absolute atomic E-state index is 0.0933. The summed E-state index contributed by atoms with van der Waals surface area (Å²) in [5, 5.41) is 8.69. The average Bonchev–Trinajstić information content (AvgIpc) is 3.58. The molecule has 6 N–H and O–H groups in total. The van der Waals surface area contributed by atoms with Crippen LogP contribution in [0.3, 0.4) is 0 Å². The molecule has 2 aliphatic rings. The highest BCUT2D eigenvalue weighted by atomic mass is 19.1. The van der Waals surface area contributed by atoms with E-state index >= 15 is 0 Å². The van der Waals surface area contributed by atoms with Crippen molar-refractivity contribution in [1.82, 2.24) is 25.5 Å². The van der Waals surface area contributed by atoms with Crippen molar-refractivity contribution >= 4 is 41.0 Å². The van der Waals surface area contributed by atoms with E-state index in [9.17, 15) is 18.8 Å². The lowest BCUT2D eigenvalue weighted by molar-refractivity contribution is -0.110. The number of urea groups is 1. The molecule has 5 rings (SSSR count). The minimum Gasteiger partial charge on any atom is -0.384 e. The topological polar surface area (TPSA) is 145 Å². The number of hydrogen-bond acceptors (Lipinski definition) is 5. The van der Waals surface area contributed by atoms with Gasteiger partial charge in [0.15, 0.2) is 0 Å². The molecular formula is C30H34FN7O3. The third-order valence-corrected chi connectivity index (χ3v) is 7.54. The highest BCUT2D eigenvalue weighted by Crippen LogP contribution is 2.34. The molecule has 11 heteroatoms. The second-order valence-corrected chi connectivity index (χ2v) is 10.5. The molecule has 0 fully saturated rings. The molecule has 0 spiro atoms. The smallest absolute Gasteiger partial charge is 0.318 e. The Labute approximate surface area is 237 Å². The van der Waals surface area contributed by atoms with Gasteiger partial charge in [0, 0.05) is 55.0 Å². The maximum absolute atomic E-state index is 13.8. The second kappa shape index (κ2) is 11.8. The molecule has 0 saturated carbocycles. The van der Waals surface area contributed by atoms with Crippen LogP contribution in [0.25, 0.3) is 11.6 Å². The fourth-order valence-corrected chi connectivity index (χ4v) is 5.35. The van der Waals surface area contributed by atoms with Gasteiger partial charge in [0.2, 0.25) is 0 Å². The number of aryl methyl sites for hydroxylation is 1. The summed E-state index contributed by atoms with van der Waals surface area (Å²) >= 11 is 0. The Morgan fingerprint density at radius 2 is 1.80 bits per heavy atom. The number of hydrogen-bond donors (Lipinski definition) is 5. The number of rotatable bonds is 9. The van der Waals surface area contributed by atoms with Gasteiger partial charge in [-0.15, -0.1) is 0 Å². The van der Waals surface area contributed by atoms with E-state index in [4.69, 9.17) is 5.73 Å². The van der Waals surface area contributed by atoms with Crippen molar-refractivity contribution in [3.8, 4) is 0 Å². The first-order chi connectivity index (χ1) is 19.7. The van der Waals surface area contributed by atoms with E-state index < -0.39 is 5.82 Å². The minimum atomic E-state index is -0.423. The van der Waals surface area contributed by atoms with E-state index in [0.717, 1.165) is 42.4 Å². The third-order valence-electron chi connectivity index (χ3n) is 7.54. The highest BCUT2D eigenvalue weighted by Gasteiger charge is 2.26. The zero-order valence-corrected chi connectivity index (χ0v) is 23.2. The first-order valence-electron chi connectivity index (χ1n) is 13.8. The number of H-pyrrole nitrogens is 1. The number of nitrogens with two attached hydrogens (primary N) is 1. The fraction of sp³-hybridized carbons (Fsp3) is 0.333. The number of pyridine rings is 1. The van der Waals surface area contributed by atoms with Crippen LogP contribution in [0.2, 0.25) is 0 Å². The molecule has 3 aromatic rings. The Balaban J connectivity index is 1.04. The SMILES string of the molecule is Cc1[nH]c(C=C2C(=O)Nc3ccc(F)cc32)c(C)c1C(=O)NCCCCCCNC(=O)N1Cc2cnc(N)cc2C1. The molecule has 0 radical (unpaired) electrons. The van der Waals surface area contributed by atoms with Gasteiger partial charge in [-0.05, 0) is 73.7 Å². The molecule has 41 heavy (non-hydrogen) atoms. The van der Waals surface area contributed by atoms with Crippen LogP contribution >= 0.6 is 0 Å². The lowest BCUT2D eigenvalue weighted by Crippen LogP contribution is -2.36. The number of amides is 4. The molecule has 2 aromatic heterocycles. The first kappa shape index (κ1) is 27.9. The van der Waals surface area contributed by atoms with Crippen LogP contribution in [0.15, 0.2) is 30.5 Å². The molecule has 10 nitrogen and oxygen atoms in total. The highest BCUT2D eigenvalue weighted by molar-refractivity contribution is 6.34. The number of fused-ring (bicyclic) bond motifs is 2. The zero-order chi connectivity index (χ0) is 29.1. The van der Waals surface area contributed by atoms with Gasteiger partial charge < -0.3 is 31.6 Å². The molecule has 0 atom stereocenters. The van der Waals surface area contributed by atoms with E-state index in [2.05, 4.69) is 25.9 Å². The molecule has 4 heterocycles. The Morgan fingerprint density at radius 1 is 1.07 bits per heavy atom. The second-order valence-electron chi connectivity index (χ2n) is 10.5. The maximum Gasteiger partial charge on any atom is 0.318 e. The molecule has 0 aliphatic carbocycles. The molecule has 1 aromatic carbocycles. The number of carbonyl (C=O) groups is 3. The number of aromatic amines is 1. The number of carbonyl (C=O) groups excluding carboxylic acids is 3. The first-order valence-corrected chi connectivity index (χ1v) is 13.8. The number of nitrogens with one attached hydrogen (secondary N) is 4. The molecule has 0 saturated heterocycles. The largest absolute Gasteiger partial charge is 0.384 e. The van der Waals surface area contributed by atoms with Crippen LogP contribution in [-0.2, 0) is 17.9 Å². The van der Waals surface area contributed by atoms with Gasteiger partial charge in [-0.3, -0.25) is 9.59 Å². The summed E-state index contributed by atoms with van der Waals surface area (Å²) < 4.78 is 13.8. The maximum atomic E-state index is 13.8. The number of aromatic nitrogens is 2. The van der Waals surface area contributed by atoms with Crippen molar-refractivity contribution in [2.24, 2.45) is 0 Å². The van der Waals surface area contributed by atoms with Gasteiger partial charge in [0.05, 0.1) is 11.1 Å². The summed E-state index contributed by atoms with van der Waals surface area (Å²) in [6.45, 7) is 5.84. The van der Waals surface area contributed by atoms with E-state index in [1.54, 1.807) is 17.2 Å². The summed E-state index contributed by atoms with van der Waals surface area (Å²) in [5.41, 5.74) is 11.8. The molecular weight excluding hydrogens is 525 g/mol. The van der Waals surface area contributed by atoms with Crippen LogP contribution in [-0.4, -0.2) is 45.8 Å². The Morgan fingerprint density at radius 3 is 2.59 bits per heavy atom. The van der Waals surface area contributed by atoms with Gasteiger partial charge in [-0.25, -0.2) is 14.2 Å². The lowest BCUT2D eigenvalue weighted by atomic mass is 10.0. The van der Waals surface area contributed by atoms with Crippen molar-refractivity contribution in [1.29, 1.82) is 0 Å². The summed E-state index contributed by atoms with van der Waals surface area (Å²) in [6.07, 6.45) is 6.91. The number of anilines is 2. The van der Waals surface area contributed by atoms with Crippen molar-refractivity contribution in [3.63, 3.8) is 0 Å². The van der Waals surface area contributed by atoms with E-state index in [0.29, 0.717) is 65.8 Å². The number of nitrogen functional groups attached to an aromatic ring is 1. The number of halogens is 1. The van der Waals surface area contributed by atoms with E-state index in [1.165, 1.54) is 18.2 Å². The zero-order valence-electron chi connectivity index (χ0n) is 23.2. The predicted octanol–water partition coefficient (Wildman–Crippen LogP) is 4.26. The van der Waals surface area contributed by atoms with Crippen LogP contribution in [0.1, 0.15) is 69.7 Å². The fourth-order valence-electron chi connectivity index (χ4n) is 5.35. The number of benzene rings is 1. The number of unbranched alkanes of at least 4 members (excludes halogenated alkanes) is 3. The summed E-state index contributed by atoms with van der Waals surface area (Å²) in [4.78, 5) is 46.9.